The van der Waals surface area contributed by atoms with Gasteiger partial charge in [0, 0.05) is 21.5 Å². The largest absolute Gasteiger partial charge is 1.00 e. The minimum absolute atomic E-state index is 0. The van der Waals surface area contributed by atoms with Gasteiger partial charge in [-0.3, -0.25) is 23.7 Å². The van der Waals surface area contributed by atoms with Crippen molar-refractivity contribution in [3.05, 3.63) is 363 Å². The van der Waals surface area contributed by atoms with Crippen LogP contribution in [0.5, 0.6) is 0 Å². The molecule has 0 aliphatic heterocycles. The summed E-state index contributed by atoms with van der Waals surface area (Å²) in [6.45, 7) is 0. The Morgan fingerprint density at radius 2 is 0.411 bits per heavy atom. The third-order valence-electron chi connectivity index (χ3n) is 16.0. The van der Waals surface area contributed by atoms with E-state index in [1.807, 2.05) is 48.5 Å². The van der Waals surface area contributed by atoms with Crippen LogP contribution >= 0.6 is 31.7 Å². The van der Waals surface area contributed by atoms with Crippen molar-refractivity contribution in [1.29, 1.82) is 0 Å². The zero-order valence-corrected chi connectivity index (χ0v) is 64.2. The molecule has 0 bridgehead atoms. The fourth-order valence-corrected chi connectivity index (χ4v) is 24.5. The first-order valence-electron chi connectivity index (χ1n) is 30.5. The number of benzene rings is 12. The quantitative estimate of drug-likeness (QED) is 0.0336. The van der Waals surface area contributed by atoms with Gasteiger partial charge in [-0.2, -0.15) is 0 Å². The predicted molar refractivity (Wildman–Crippen MR) is 398 cm³/mol. The molecule has 95 heavy (non-hydrogen) atoms. The van der Waals surface area contributed by atoms with Crippen molar-refractivity contribution < 1.29 is 98.4 Å². The summed E-state index contributed by atoms with van der Waals surface area (Å²) in [5.74, 6) is 10.6. The maximum atomic E-state index is 7.09. The van der Waals surface area contributed by atoms with Crippen molar-refractivity contribution in [2.75, 3.05) is 18.2 Å². The molecule has 2 heterocycles. The van der Waals surface area contributed by atoms with E-state index in [0.29, 0.717) is 22.3 Å². The van der Waals surface area contributed by atoms with Crippen molar-refractivity contribution in [1.82, 2.24) is 0 Å². The molecule has 0 saturated heterocycles. The summed E-state index contributed by atoms with van der Waals surface area (Å²) >= 11 is 0. The molecule has 2 nitrogen and oxygen atoms in total. The standard InChI is InChI=1S/C28H28P2.C25H22P2.2C16H6O.4Au/c1-5-15-25(16-6-1)29(26-17-7-2-8-18-26)23-13-14-24-30(27-19-9-3-10-20-27)28-21-11-4-12-22-28;1-5-13-22(14-6-1)26(23-15-7-2-8-16-23)21-27(24-17-9-3-10-18-24)25-19-11-4-12-20-25;2*1-3-11-5-7-13-14-8-6-12(4-2)10-16(14)17-15(13)9-11;;;;/h1-12,15-22H,13-14,23-24H2;1-20H,21H2;2*5-10H;;;;/q;;2*-2;4*+1/p+4. The van der Waals surface area contributed by atoms with Crippen LogP contribution in [0.1, 0.15) is 35.1 Å². The fraction of sp³-hybridized carbons (Fsp3) is 0.0588. The Kier molecular flexibility index (Phi) is 31.3. The van der Waals surface area contributed by atoms with E-state index in [-0.39, 0.29) is 89.5 Å². The van der Waals surface area contributed by atoms with Gasteiger partial charge in [0.05, 0.1) is 49.4 Å². The number of rotatable bonds is 15. The monoisotopic (exact) mass is 2030 g/mol. The summed E-state index contributed by atoms with van der Waals surface area (Å²) in [7, 11) is -3.12. The molecule has 0 unspecified atom stereocenters. The van der Waals surface area contributed by atoms with Crippen LogP contribution in [0, 0.1) is 49.4 Å². The first-order chi connectivity index (χ1) is 45.0. The third-order valence-corrected chi connectivity index (χ3v) is 28.7. The summed E-state index contributed by atoms with van der Waals surface area (Å²) in [5.41, 5.74) is 5.70. The van der Waals surface area contributed by atoms with E-state index in [9.17, 15) is 0 Å². The molecule has 0 saturated carbocycles. The number of unbranched alkanes of at least 4 members (excludes halogenated alkanes) is 1. The average Bonchev–Trinajstić information content (AvgIpc) is 1.66. The molecule has 0 radical (unpaired) electrons. The first kappa shape index (κ1) is 75.5. The summed E-state index contributed by atoms with van der Waals surface area (Å²) < 4.78 is 11.4. The number of hydrogen-bond acceptors (Lipinski definition) is 2. The Labute approximate surface area is 628 Å². The molecule has 12 aromatic carbocycles. The van der Waals surface area contributed by atoms with E-state index in [0.717, 1.165) is 43.9 Å². The van der Waals surface area contributed by atoms with Crippen molar-refractivity contribution in [3.63, 3.8) is 0 Å². The zero-order valence-electron chi connectivity index (χ0n) is 51.6. The van der Waals surface area contributed by atoms with Crippen LogP contribution in [0.15, 0.2) is 324 Å². The summed E-state index contributed by atoms with van der Waals surface area (Å²) in [5, 5.41) is 16.2. The Balaban J connectivity index is 0.000000181. The second kappa shape index (κ2) is 39.4. The van der Waals surface area contributed by atoms with Gasteiger partial charge in [0.1, 0.15) is 59.4 Å². The van der Waals surface area contributed by atoms with Gasteiger partial charge in [-0.15, -0.1) is 46.5 Å². The molecular formula is C85H66Au4O2P4+4. The first-order valence-corrected chi connectivity index (χ1v) is 37.3. The fourth-order valence-electron chi connectivity index (χ4n) is 11.4. The molecule has 0 spiro atoms. The van der Waals surface area contributed by atoms with Gasteiger partial charge in [-0.1, -0.05) is 194 Å². The molecule has 0 aliphatic carbocycles. The van der Waals surface area contributed by atoms with Crippen molar-refractivity contribution >= 4 is 118 Å². The molecule has 14 aromatic rings. The number of fused-ring (bicyclic) bond motifs is 6. The summed E-state index contributed by atoms with van der Waals surface area (Å²) in [4.78, 5) is 0. The predicted octanol–water partition coefficient (Wildman–Crippen LogP) is 17.1. The van der Waals surface area contributed by atoms with E-state index in [2.05, 4.69) is 266 Å². The van der Waals surface area contributed by atoms with Crippen LogP contribution in [0.4, 0.5) is 0 Å². The third kappa shape index (κ3) is 20.4. The van der Waals surface area contributed by atoms with E-state index in [1.54, 1.807) is 24.3 Å². The summed E-state index contributed by atoms with van der Waals surface area (Å²) in [6.07, 6.45) is 33.6. The van der Waals surface area contributed by atoms with E-state index >= 15 is 0 Å². The molecule has 2 aromatic heterocycles. The molecule has 0 amide bonds. The number of furan rings is 2. The Hall–Kier alpha value is -6.84. The average molecular weight is 2030 g/mol. The maximum absolute atomic E-state index is 7.09. The SMILES string of the molecule is [Au+].[Au+].[Au+].[Au+].[C-]#Cc1ccc2c(c1)oc1cc(C#[C-])ccc12.[C-]#Cc1ccc2c(c1)oc1cc(C#[C-])ccc12.c1ccc([PH+](CCCC[PH+](c2ccccc2)c2ccccc2)c2ccccc2)cc1.c1ccc([PH+](C[PH+](c2ccccc2)c2ccccc2)c2ccccc2)cc1. The molecule has 0 N–H and O–H groups in total. The molecule has 0 fully saturated rings. The normalized spacial score (nSPS) is 10.3. The van der Waals surface area contributed by atoms with Gasteiger partial charge >= 0.3 is 89.5 Å². The molecule has 0 atom stereocenters. The van der Waals surface area contributed by atoms with E-state index in [4.69, 9.17) is 34.5 Å². The molecule has 14 rings (SSSR count). The van der Waals surface area contributed by atoms with Gasteiger partial charge < -0.3 is 34.5 Å². The van der Waals surface area contributed by atoms with Crippen LogP contribution in [-0.2, 0) is 89.5 Å². The Morgan fingerprint density at radius 3 is 0.589 bits per heavy atom. The molecule has 478 valence electrons. The second-order valence-corrected chi connectivity index (χ2v) is 32.6. The van der Waals surface area contributed by atoms with E-state index < -0.39 is 31.7 Å². The molecule has 0 aliphatic rings. The Morgan fingerprint density at radius 1 is 0.232 bits per heavy atom. The van der Waals surface area contributed by atoms with Crippen LogP contribution in [0.25, 0.3) is 43.9 Å². The van der Waals surface area contributed by atoms with Gasteiger partial charge in [0.15, 0.2) is 5.90 Å². The van der Waals surface area contributed by atoms with Gasteiger partial charge in [0.25, 0.3) is 0 Å². The van der Waals surface area contributed by atoms with Crippen LogP contribution in [0.2, 0.25) is 0 Å². The van der Waals surface area contributed by atoms with Crippen LogP contribution in [-0.4, -0.2) is 18.2 Å². The van der Waals surface area contributed by atoms with Gasteiger partial charge in [-0.25, -0.2) is 0 Å². The summed E-state index contributed by atoms with van der Waals surface area (Å²) in [6, 6.07) is 111. The van der Waals surface area contributed by atoms with Crippen LogP contribution < -0.4 is 42.4 Å². The van der Waals surface area contributed by atoms with Gasteiger partial charge in [-0.05, 0) is 110 Å². The Bertz CT molecular complexity index is 4200. The smallest absolute Gasteiger partial charge is 0.459 e. The molecule has 10 heteroatoms. The second-order valence-electron chi connectivity index (χ2n) is 21.8. The van der Waals surface area contributed by atoms with E-state index in [1.165, 1.54) is 73.5 Å². The number of hydrogen-bond donors (Lipinski definition) is 0. The topological polar surface area (TPSA) is 26.3 Å². The van der Waals surface area contributed by atoms with Crippen molar-refractivity contribution in [3.8, 4) is 23.7 Å². The minimum Gasteiger partial charge on any atom is -0.459 e. The maximum Gasteiger partial charge on any atom is 1.00 e. The van der Waals surface area contributed by atoms with Crippen molar-refractivity contribution in [2.45, 2.75) is 12.8 Å². The van der Waals surface area contributed by atoms with Crippen molar-refractivity contribution in [2.24, 2.45) is 0 Å². The minimum atomic E-state index is -0.847. The van der Waals surface area contributed by atoms with Gasteiger partial charge in [0.2, 0.25) is 0 Å². The van der Waals surface area contributed by atoms with Crippen LogP contribution in [0.3, 0.4) is 0 Å². The zero-order chi connectivity index (χ0) is 62.4. The molecular weight excluding hydrogens is 1960 g/mol.